The number of aromatic nitrogens is 1. The third-order valence-electron chi connectivity index (χ3n) is 3.19. The molecule has 1 aliphatic rings. The van der Waals surface area contributed by atoms with Crippen LogP contribution in [0.1, 0.15) is 24.5 Å². The summed E-state index contributed by atoms with van der Waals surface area (Å²) in [6.07, 6.45) is 2.26. The molecule has 0 aliphatic carbocycles. The molecule has 3 rings (SSSR count). The molecule has 1 N–H and O–H groups in total. The lowest BCUT2D eigenvalue weighted by Gasteiger charge is -2.20. The zero-order valence-electron chi connectivity index (χ0n) is 8.87. The fraction of sp³-hybridized carbons (Fsp3) is 0.417. The maximum absolute atomic E-state index is 5.92. The highest BCUT2D eigenvalue weighted by Gasteiger charge is 2.21. The summed E-state index contributed by atoms with van der Waals surface area (Å²) in [5, 5.41) is 9.36. The lowest BCUT2D eigenvalue weighted by Crippen LogP contribution is -2.26. The van der Waals surface area contributed by atoms with Gasteiger partial charge in [-0.15, -0.1) is 0 Å². The molecule has 0 atom stereocenters. The van der Waals surface area contributed by atoms with E-state index in [1.807, 2.05) is 18.2 Å². The summed E-state index contributed by atoms with van der Waals surface area (Å²) in [5.41, 5.74) is 1.88. The number of nitrogens with one attached hydrogen (secondary N) is 1. The first-order valence-electron chi connectivity index (χ1n) is 5.60. The third-order valence-corrected chi connectivity index (χ3v) is 3.42. The van der Waals surface area contributed by atoms with Crippen molar-refractivity contribution >= 4 is 22.6 Å². The van der Waals surface area contributed by atoms with Crippen LogP contribution in [0.3, 0.4) is 0 Å². The van der Waals surface area contributed by atoms with E-state index in [1.165, 1.54) is 0 Å². The van der Waals surface area contributed by atoms with E-state index in [1.54, 1.807) is 0 Å². The second-order valence-electron chi connectivity index (χ2n) is 4.23. The molecule has 0 saturated carbocycles. The van der Waals surface area contributed by atoms with Crippen molar-refractivity contribution in [2.45, 2.75) is 18.8 Å². The Morgan fingerprint density at radius 3 is 2.94 bits per heavy atom. The summed E-state index contributed by atoms with van der Waals surface area (Å²) in [6.45, 7) is 2.12. The number of rotatable bonds is 1. The van der Waals surface area contributed by atoms with Crippen LogP contribution >= 0.6 is 11.6 Å². The number of hydrogen-bond donors (Lipinski definition) is 1. The zero-order chi connectivity index (χ0) is 11.0. The number of fused-ring (bicyclic) bond motifs is 1. The summed E-state index contributed by atoms with van der Waals surface area (Å²) < 4.78 is 5.33. The fourth-order valence-corrected chi connectivity index (χ4v) is 2.48. The molecule has 3 nitrogen and oxygen atoms in total. The first-order chi connectivity index (χ1) is 7.84. The van der Waals surface area contributed by atoms with Crippen LogP contribution in [0.15, 0.2) is 22.7 Å². The molecule has 1 aliphatic heterocycles. The van der Waals surface area contributed by atoms with E-state index in [0.29, 0.717) is 10.9 Å². The van der Waals surface area contributed by atoms with Crippen molar-refractivity contribution in [3.63, 3.8) is 0 Å². The van der Waals surface area contributed by atoms with Gasteiger partial charge in [0.15, 0.2) is 5.58 Å². The van der Waals surface area contributed by atoms with Crippen molar-refractivity contribution in [3.8, 4) is 0 Å². The number of halogens is 1. The molecule has 1 saturated heterocycles. The second-order valence-corrected chi connectivity index (χ2v) is 4.67. The van der Waals surface area contributed by atoms with Gasteiger partial charge in [0.25, 0.3) is 0 Å². The van der Waals surface area contributed by atoms with E-state index in [0.717, 1.165) is 42.6 Å². The van der Waals surface area contributed by atoms with Crippen LogP contribution in [0.2, 0.25) is 5.02 Å². The monoisotopic (exact) mass is 236 g/mol. The quantitative estimate of drug-likeness (QED) is 0.827. The molecule has 0 amide bonds. The van der Waals surface area contributed by atoms with Gasteiger partial charge >= 0.3 is 0 Å². The molecule has 1 fully saturated rings. The third kappa shape index (κ3) is 1.70. The Hall–Kier alpha value is -1.06. The van der Waals surface area contributed by atoms with Gasteiger partial charge < -0.3 is 9.84 Å². The average molecular weight is 237 g/mol. The molecule has 16 heavy (non-hydrogen) atoms. The van der Waals surface area contributed by atoms with Gasteiger partial charge in [0.1, 0.15) is 0 Å². The molecule has 2 heterocycles. The normalized spacial score (nSPS) is 18.1. The van der Waals surface area contributed by atoms with Crippen molar-refractivity contribution in [3.05, 3.63) is 28.9 Å². The maximum atomic E-state index is 5.92. The topological polar surface area (TPSA) is 38.1 Å². The Morgan fingerprint density at radius 2 is 2.12 bits per heavy atom. The van der Waals surface area contributed by atoms with Crippen molar-refractivity contribution in [2.75, 3.05) is 13.1 Å². The van der Waals surface area contributed by atoms with Crippen LogP contribution < -0.4 is 5.32 Å². The standard InChI is InChI=1S/C12H13ClN2O/c13-9-1-2-10-11(7-9)16-15-12(10)8-3-5-14-6-4-8/h1-2,7-8,14H,3-6H2. The molecule has 1 aromatic heterocycles. The molecular weight excluding hydrogens is 224 g/mol. The van der Waals surface area contributed by atoms with Crippen LogP contribution in [-0.2, 0) is 0 Å². The summed E-state index contributed by atoms with van der Waals surface area (Å²) in [6, 6.07) is 5.73. The van der Waals surface area contributed by atoms with Crippen LogP contribution in [-0.4, -0.2) is 18.2 Å². The Balaban J connectivity index is 2.03. The van der Waals surface area contributed by atoms with Gasteiger partial charge in [-0.3, -0.25) is 0 Å². The molecular formula is C12H13ClN2O. The van der Waals surface area contributed by atoms with Gasteiger partial charge in [-0.05, 0) is 38.1 Å². The minimum atomic E-state index is 0.517. The fourth-order valence-electron chi connectivity index (χ4n) is 2.32. The first kappa shape index (κ1) is 10.1. The van der Waals surface area contributed by atoms with Gasteiger partial charge in [-0.2, -0.15) is 0 Å². The zero-order valence-corrected chi connectivity index (χ0v) is 9.63. The van der Waals surface area contributed by atoms with Crippen LogP contribution in [0.25, 0.3) is 11.0 Å². The number of nitrogens with zero attached hydrogens (tertiary/aromatic N) is 1. The van der Waals surface area contributed by atoms with E-state index in [-0.39, 0.29) is 0 Å². The van der Waals surface area contributed by atoms with E-state index < -0.39 is 0 Å². The average Bonchev–Trinajstić information content (AvgIpc) is 2.73. The molecule has 0 bridgehead atoms. The van der Waals surface area contributed by atoms with Crippen molar-refractivity contribution in [2.24, 2.45) is 0 Å². The van der Waals surface area contributed by atoms with E-state index in [4.69, 9.17) is 16.1 Å². The van der Waals surface area contributed by atoms with E-state index in [2.05, 4.69) is 10.5 Å². The lowest BCUT2D eigenvalue weighted by molar-refractivity contribution is 0.404. The molecule has 4 heteroatoms. The van der Waals surface area contributed by atoms with Crippen LogP contribution in [0.4, 0.5) is 0 Å². The largest absolute Gasteiger partial charge is 0.356 e. The SMILES string of the molecule is Clc1ccc2c(C3CCNCC3)noc2c1. The highest BCUT2D eigenvalue weighted by Crippen LogP contribution is 2.31. The molecule has 1 aromatic carbocycles. The summed E-state index contributed by atoms with van der Waals surface area (Å²) in [5.74, 6) is 0.517. The highest BCUT2D eigenvalue weighted by molar-refractivity contribution is 6.31. The molecule has 0 unspecified atom stereocenters. The number of piperidine rings is 1. The van der Waals surface area contributed by atoms with Gasteiger partial charge in [0, 0.05) is 22.4 Å². The van der Waals surface area contributed by atoms with Gasteiger partial charge in [0.2, 0.25) is 0 Å². The summed E-state index contributed by atoms with van der Waals surface area (Å²) in [4.78, 5) is 0. The molecule has 0 spiro atoms. The predicted molar refractivity (Wildman–Crippen MR) is 63.9 cm³/mol. The van der Waals surface area contributed by atoms with Gasteiger partial charge in [-0.1, -0.05) is 16.8 Å². The van der Waals surface area contributed by atoms with Gasteiger partial charge in [-0.25, -0.2) is 0 Å². The number of benzene rings is 1. The first-order valence-corrected chi connectivity index (χ1v) is 5.98. The van der Waals surface area contributed by atoms with Crippen molar-refractivity contribution < 1.29 is 4.52 Å². The van der Waals surface area contributed by atoms with Crippen LogP contribution in [0.5, 0.6) is 0 Å². The van der Waals surface area contributed by atoms with Crippen LogP contribution in [0, 0.1) is 0 Å². The maximum Gasteiger partial charge on any atom is 0.168 e. The predicted octanol–water partition coefficient (Wildman–Crippen LogP) is 2.95. The Morgan fingerprint density at radius 1 is 1.31 bits per heavy atom. The van der Waals surface area contributed by atoms with Crippen molar-refractivity contribution in [1.82, 2.24) is 10.5 Å². The van der Waals surface area contributed by atoms with E-state index >= 15 is 0 Å². The van der Waals surface area contributed by atoms with E-state index in [9.17, 15) is 0 Å². The van der Waals surface area contributed by atoms with Gasteiger partial charge in [0.05, 0.1) is 5.69 Å². The minimum absolute atomic E-state index is 0.517. The lowest BCUT2D eigenvalue weighted by atomic mass is 9.93. The Kier molecular flexibility index (Phi) is 2.58. The minimum Gasteiger partial charge on any atom is -0.356 e. The smallest absolute Gasteiger partial charge is 0.168 e. The highest BCUT2D eigenvalue weighted by atomic mass is 35.5. The summed E-state index contributed by atoms with van der Waals surface area (Å²) in [7, 11) is 0. The summed E-state index contributed by atoms with van der Waals surface area (Å²) >= 11 is 5.92. The molecule has 0 radical (unpaired) electrons. The second kappa shape index (κ2) is 4.07. The number of hydrogen-bond acceptors (Lipinski definition) is 3. The van der Waals surface area contributed by atoms with Crippen molar-refractivity contribution in [1.29, 1.82) is 0 Å². The molecule has 2 aromatic rings. The molecule has 84 valence electrons. The Bertz CT molecular complexity index is 503. The Labute approximate surface area is 98.8 Å².